The van der Waals surface area contributed by atoms with Gasteiger partial charge in [-0.3, -0.25) is 0 Å². The standard InChI is InChI=1S/C17H20ClN/c1-4-19-11-14-6-8-16(13(3)9-14)15-7-5-12(2)17(18)10-15/h5-10,19H,4,11H2,1-3H3. The SMILES string of the molecule is CCNCc1ccc(-c2ccc(C)c(Cl)c2)c(C)c1. The van der Waals surface area contributed by atoms with E-state index in [4.69, 9.17) is 11.6 Å². The van der Waals surface area contributed by atoms with E-state index >= 15 is 0 Å². The Balaban J connectivity index is 2.32. The van der Waals surface area contributed by atoms with Crippen LogP contribution in [0.2, 0.25) is 5.02 Å². The van der Waals surface area contributed by atoms with Gasteiger partial charge in [-0.1, -0.05) is 48.9 Å². The number of hydrogen-bond donors (Lipinski definition) is 1. The first-order valence-electron chi connectivity index (χ1n) is 6.68. The van der Waals surface area contributed by atoms with Crippen LogP contribution < -0.4 is 5.32 Å². The molecule has 0 radical (unpaired) electrons. The van der Waals surface area contributed by atoms with Crippen molar-refractivity contribution in [1.29, 1.82) is 0 Å². The maximum absolute atomic E-state index is 6.21. The van der Waals surface area contributed by atoms with Gasteiger partial charge in [-0.15, -0.1) is 0 Å². The fourth-order valence-electron chi connectivity index (χ4n) is 2.19. The topological polar surface area (TPSA) is 12.0 Å². The molecule has 0 saturated carbocycles. The molecule has 0 atom stereocenters. The summed E-state index contributed by atoms with van der Waals surface area (Å²) in [5.74, 6) is 0. The molecule has 2 aromatic carbocycles. The van der Waals surface area contributed by atoms with Gasteiger partial charge in [-0.05, 0) is 54.3 Å². The molecular formula is C17H20ClN. The van der Waals surface area contributed by atoms with Gasteiger partial charge in [-0.2, -0.15) is 0 Å². The third-order valence-electron chi connectivity index (χ3n) is 3.35. The molecule has 0 aliphatic rings. The van der Waals surface area contributed by atoms with Crippen LogP contribution in [0, 0.1) is 13.8 Å². The summed E-state index contributed by atoms with van der Waals surface area (Å²) < 4.78 is 0. The molecule has 0 spiro atoms. The van der Waals surface area contributed by atoms with Crippen molar-refractivity contribution in [1.82, 2.24) is 5.32 Å². The van der Waals surface area contributed by atoms with E-state index in [1.807, 2.05) is 13.0 Å². The summed E-state index contributed by atoms with van der Waals surface area (Å²) >= 11 is 6.21. The van der Waals surface area contributed by atoms with Crippen molar-refractivity contribution in [2.24, 2.45) is 0 Å². The summed E-state index contributed by atoms with van der Waals surface area (Å²) in [5, 5.41) is 4.17. The van der Waals surface area contributed by atoms with Gasteiger partial charge >= 0.3 is 0 Å². The lowest BCUT2D eigenvalue weighted by atomic mass is 9.97. The van der Waals surface area contributed by atoms with Crippen LogP contribution in [0.4, 0.5) is 0 Å². The van der Waals surface area contributed by atoms with Crippen LogP contribution in [0.3, 0.4) is 0 Å². The van der Waals surface area contributed by atoms with E-state index in [0.717, 1.165) is 23.7 Å². The molecule has 0 unspecified atom stereocenters. The van der Waals surface area contributed by atoms with Gasteiger partial charge < -0.3 is 5.32 Å². The zero-order valence-corrected chi connectivity index (χ0v) is 12.5. The van der Waals surface area contributed by atoms with Crippen LogP contribution >= 0.6 is 11.6 Å². The zero-order chi connectivity index (χ0) is 13.8. The lowest BCUT2D eigenvalue weighted by Crippen LogP contribution is -2.11. The minimum atomic E-state index is 0.827. The van der Waals surface area contributed by atoms with Gasteiger partial charge in [0.05, 0.1) is 0 Å². The highest BCUT2D eigenvalue weighted by Gasteiger charge is 2.05. The molecule has 2 aromatic rings. The second kappa shape index (κ2) is 6.23. The lowest BCUT2D eigenvalue weighted by Gasteiger charge is -2.10. The second-order valence-electron chi connectivity index (χ2n) is 4.89. The van der Waals surface area contributed by atoms with Crippen molar-refractivity contribution in [2.75, 3.05) is 6.54 Å². The first-order valence-corrected chi connectivity index (χ1v) is 7.06. The highest BCUT2D eigenvalue weighted by atomic mass is 35.5. The van der Waals surface area contributed by atoms with Crippen molar-refractivity contribution < 1.29 is 0 Å². The average molecular weight is 274 g/mol. The van der Waals surface area contributed by atoms with E-state index in [-0.39, 0.29) is 0 Å². The minimum absolute atomic E-state index is 0.827. The number of benzene rings is 2. The van der Waals surface area contributed by atoms with Crippen molar-refractivity contribution in [3.05, 3.63) is 58.1 Å². The van der Waals surface area contributed by atoms with Gasteiger partial charge in [0.25, 0.3) is 0 Å². The van der Waals surface area contributed by atoms with E-state index in [9.17, 15) is 0 Å². The summed E-state index contributed by atoms with van der Waals surface area (Å²) in [6.07, 6.45) is 0. The van der Waals surface area contributed by atoms with Gasteiger partial charge in [0.2, 0.25) is 0 Å². The fourth-order valence-corrected chi connectivity index (χ4v) is 2.37. The third-order valence-corrected chi connectivity index (χ3v) is 3.76. The highest BCUT2D eigenvalue weighted by molar-refractivity contribution is 6.31. The molecule has 0 heterocycles. The van der Waals surface area contributed by atoms with Gasteiger partial charge in [0, 0.05) is 11.6 Å². The van der Waals surface area contributed by atoms with Gasteiger partial charge in [0.15, 0.2) is 0 Å². The van der Waals surface area contributed by atoms with Gasteiger partial charge in [-0.25, -0.2) is 0 Å². The van der Waals surface area contributed by atoms with E-state index in [1.54, 1.807) is 0 Å². The summed E-state index contributed by atoms with van der Waals surface area (Å²) in [6.45, 7) is 8.22. The molecule has 1 nitrogen and oxygen atoms in total. The Morgan fingerprint density at radius 3 is 2.42 bits per heavy atom. The Labute approximate surface area is 120 Å². The van der Waals surface area contributed by atoms with Crippen molar-refractivity contribution in [3.8, 4) is 11.1 Å². The Morgan fingerprint density at radius 2 is 1.79 bits per heavy atom. The first kappa shape index (κ1) is 14.1. The van der Waals surface area contributed by atoms with E-state index in [1.165, 1.54) is 22.3 Å². The van der Waals surface area contributed by atoms with Crippen LogP contribution in [0.1, 0.15) is 23.6 Å². The largest absolute Gasteiger partial charge is 0.313 e. The van der Waals surface area contributed by atoms with Crippen LogP contribution in [0.15, 0.2) is 36.4 Å². The number of rotatable bonds is 4. The van der Waals surface area contributed by atoms with E-state index in [0.29, 0.717) is 0 Å². The molecule has 0 saturated heterocycles. The van der Waals surface area contributed by atoms with Crippen LogP contribution in [0.5, 0.6) is 0 Å². The van der Waals surface area contributed by atoms with Crippen molar-refractivity contribution in [2.45, 2.75) is 27.3 Å². The maximum atomic E-state index is 6.21. The molecule has 2 heteroatoms. The molecule has 0 aliphatic heterocycles. The molecule has 0 aromatic heterocycles. The van der Waals surface area contributed by atoms with Crippen LogP contribution in [0.25, 0.3) is 11.1 Å². The predicted octanol–water partition coefficient (Wildman–Crippen LogP) is 4.73. The van der Waals surface area contributed by atoms with Gasteiger partial charge in [0.1, 0.15) is 0 Å². The maximum Gasteiger partial charge on any atom is 0.0441 e. The molecule has 19 heavy (non-hydrogen) atoms. The Bertz CT molecular complexity index is 575. The quantitative estimate of drug-likeness (QED) is 0.849. The number of nitrogens with one attached hydrogen (secondary N) is 1. The molecule has 1 N–H and O–H groups in total. The Hall–Kier alpha value is -1.31. The number of aryl methyl sites for hydroxylation is 2. The third kappa shape index (κ3) is 3.37. The highest BCUT2D eigenvalue weighted by Crippen LogP contribution is 2.28. The van der Waals surface area contributed by atoms with Crippen LogP contribution in [-0.4, -0.2) is 6.54 Å². The molecular weight excluding hydrogens is 254 g/mol. The Morgan fingerprint density at radius 1 is 1.00 bits per heavy atom. The van der Waals surface area contributed by atoms with Crippen LogP contribution in [-0.2, 0) is 6.54 Å². The summed E-state index contributed by atoms with van der Waals surface area (Å²) in [4.78, 5) is 0. The number of halogens is 1. The fraction of sp³-hybridized carbons (Fsp3) is 0.294. The molecule has 100 valence electrons. The molecule has 2 rings (SSSR count). The number of hydrogen-bond acceptors (Lipinski definition) is 1. The average Bonchev–Trinajstić information content (AvgIpc) is 2.40. The van der Waals surface area contributed by atoms with E-state index in [2.05, 4.69) is 49.5 Å². The Kier molecular flexibility index (Phi) is 4.62. The summed E-state index contributed by atoms with van der Waals surface area (Å²) in [5.41, 5.74) is 6.16. The minimum Gasteiger partial charge on any atom is -0.313 e. The summed E-state index contributed by atoms with van der Waals surface area (Å²) in [7, 11) is 0. The molecule has 0 aliphatic carbocycles. The van der Waals surface area contributed by atoms with Crippen molar-refractivity contribution >= 4 is 11.6 Å². The molecule has 0 bridgehead atoms. The molecule has 0 amide bonds. The zero-order valence-electron chi connectivity index (χ0n) is 11.8. The monoisotopic (exact) mass is 273 g/mol. The van der Waals surface area contributed by atoms with Crippen molar-refractivity contribution in [3.63, 3.8) is 0 Å². The smallest absolute Gasteiger partial charge is 0.0441 e. The normalized spacial score (nSPS) is 10.7. The van der Waals surface area contributed by atoms with E-state index < -0.39 is 0 Å². The lowest BCUT2D eigenvalue weighted by molar-refractivity contribution is 0.726. The predicted molar refractivity (Wildman–Crippen MR) is 83.7 cm³/mol. The second-order valence-corrected chi connectivity index (χ2v) is 5.30. The summed E-state index contributed by atoms with van der Waals surface area (Å²) in [6, 6.07) is 12.9. The first-order chi connectivity index (χ1) is 9.11. The molecule has 0 fully saturated rings.